The van der Waals surface area contributed by atoms with Gasteiger partial charge >= 0.3 is 0 Å². The molecule has 5 heteroatoms. The highest BCUT2D eigenvalue weighted by atomic mass is 79.9. The van der Waals surface area contributed by atoms with E-state index in [0.717, 1.165) is 32.3 Å². The van der Waals surface area contributed by atoms with Gasteiger partial charge in [0, 0.05) is 21.5 Å². The van der Waals surface area contributed by atoms with Crippen molar-refractivity contribution in [1.29, 1.82) is 0 Å². The summed E-state index contributed by atoms with van der Waals surface area (Å²) in [5.41, 5.74) is 3.30. The molecule has 0 aliphatic carbocycles. The van der Waals surface area contributed by atoms with Crippen LogP contribution in [-0.2, 0) is 5.54 Å². The van der Waals surface area contributed by atoms with Crippen molar-refractivity contribution in [2.75, 3.05) is 0 Å². The van der Waals surface area contributed by atoms with Crippen molar-refractivity contribution in [2.24, 2.45) is 0 Å². The second-order valence-electron chi connectivity index (χ2n) is 6.48. The summed E-state index contributed by atoms with van der Waals surface area (Å²) < 4.78 is 2.90. The molecule has 0 bridgehead atoms. The zero-order valence-corrected chi connectivity index (χ0v) is 14.7. The Morgan fingerprint density at radius 1 is 1.23 bits per heavy atom. The minimum Gasteiger partial charge on any atom is -0.307 e. The third kappa shape index (κ3) is 2.50. The summed E-state index contributed by atoms with van der Waals surface area (Å²) in [7, 11) is 0. The van der Waals surface area contributed by atoms with Crippen LogP contribution in [0.5, 0.6) is 0 Å². The lowest BCUT2D eigenvalue weighted by molar-refractivity contribution is 0.366. The SMILES string of the molecule is Cc1cc(=O)[nH]c2c1c(-c1cccc(Br)c1)nn2C(C)(C)C. The van der Waals surface area contributed by atoms with Crippen molar-refractivity contribution in [3.63, 3.8) is 0 Å². The smallest absolute Gasteiger partial charge is 0.249 e. The summed E-state index contributed by atoms with van der Waals surface area (Å²) in [6, 6.07) is 9.67. The number of pyridine rings is 1. The van der Waals surface area contributed by atoms with Gasteiger partial charge in [-0.15, -0.1) is 0 Å². The van der Waals surface area contributed by atoms with Crippen LogP contribution in [0, 0.1) is 6.92 Å². The van der Waals surface area contributed by atoms with Crippen molar-refractivity contribution in [3.8, 4) is 11.3 Å². The maximum Gasteiger partial charge on any atom is 0.249 e. The van der Waals surface area contributed by atoms with E-state index in [1.165, 1.54) is 0 Å². The van der Waals surface area contributed by atoms with E-state index in [1.54, 1.807) is 6.07 Å². The second kappa shape index (κ2) is 5.09. The van der Waals surface area contributed by atoms with Crippen LogP contribution < -0.4 is 5.56 Å². The standard InChI is InChI=1S/C17H18BrN3O/c1-10-8-13(22)19-16-14(10)15(20-21(16)17(2,3)4)11-6-5-7-12(18)9-11/h5-9H,1-4H3,(H,19,22). The van der Waals surface area contributed by atoms with E-state index in [9.17, 15) is 4.79 Å². The molecule has 2 heterocycles. The van der Waals surface area contributed by atoms with Gasteiger partial charge in [0.2, 0.25) is 5.56 Å². The van der Waals surface area contributed by atoms with E-state index in [-0.39, 0.29) is 11.1 Å². The van der Waals surface area contributed by atoms with Crippen molar-refractivity contribution in [2.45, 2.75) is 33.2 Å². The summed E-state index contributed by atoms with van der Waals surface area (Å²) in [6.07, 6.45) is 0. The molecule has 4 nitrogen and oxygen atoms in total. The first-order chi connectivity index (χ1) is 10.3. The van der Waals surface area contributed by atoms with Gasteiger partial charge in [-0.1, -0.05) is 28.1 Å². The highest BCUT2D eigenvalue weighted by Gasteiger charge is 2.23. The first-order valence-electron chi connectivity index (χ1n) is 7.16. The number of hydrogen-bond acceptors (Lipinski definition) is 2. The maximum atomic E-state index is 11.9. The number of nitrogens with zero attached hydrogens (tertiary/aromatic N) is 2. The van der Waals surface area contributed by atoms with Gasteiger partial charge in [-0.2, -0.15) is 5.10 Å². The molecule has 1 aromatic carbocycles. The van der Waals surface area contributed by atoms with Crippen molar-refractivity contribution >= 4 is 27.0 Å². The summed E-state index contributed by atoms with van der Waals surface area (Å²) in [4.78, 5) is 14.8. The van der Waals surface area contributed by atoms with Crippen LogP contribution in [-0.4, -0.2) is 14.8 Å². The van der Waals surface area contributed by atoms with E-state index in [1.807, 2.05) is 35.9 Å². The molecular weight excluding hydrogens is 342 g/mol. The zero-order chi connectivity index (χ0) is 16.1. The molecule has 0 atom stereocenters. The van der Waals surface area contributed by atoms with Gasteiger partial charge in [0.1, 0.15) is 11.3 Å². The summed E-state index contributed by atoms with van der Waals surface area (Å²) in [6.45, 7) is 8.17. The molecule has 3 rings (SSSR count). The number of halogens is 1. The molecule has 1 N–H and O–H groups in total. The van der Waals surface area contributed by atoms with Crippen molar-refractivity contribution < 1.29 is 0 Å². The molecule has 0 radical (unpaired) electrons. The lowest BCUT2D eigenvalue weighted by Crippen LogP contribution is -2.24. The molecule has 0 spiro atoms. The Bertz CT molecular complexity index is 916. The van der Waals surface area contributed by atoms with Crippen LogP contribution in [0.25, 0.3) is 22.3 Å². The Labute approximate surface area is 137 Å². The highest BCUT2D eigenvalue weighted by Crippen LogP contribution is 2.32. The van der Waals surface area contributed by atoms with E-state index >= 15 is 0 Å². The first-order valence-corrected chi connectivity index (χ1v) is 7.96. The second-order valence-corrected chi connectivity index (χ2v) is 7.40. The number of aromatic nitrogens is 3. The fraction of sp³-hybridized carbons (Fsp3) is 0.294. The molecule has 22 heavy (non-hydrogen) atoms. The molecule has 0 amide bonds. The molecule has 0 saturated carbocycles. The van der Waals surface area contributed by atoms with Gasteiger partial charge in [0.05, 0.1) is 5.54 Å². The predicted octanol–water partition coefficient (Wildman–Crippen LogP) is 4.22. The third-order valence-electron chi connectivity index (χ3n) is 3.60. The zero-order valence-electron chi connectivity index (χ0n) is 13.1. The van der Waals surface area contributed by atoms with Gasteiger partial charge in [-0.25, -0.2) is 4.68 Å². The van der Waals surface area contributed by atoms with Gasteiger partial charge in [0.15, 0.2) is 0 Å². The number of aryl methyl sites for hydroxylation is 1. The topological polar surface area (TPSA) is 50.7 Å². The third-order valence-corrected chi connectivity index (χ3v) is 4.10. The molecule has 0 saturated heterocycles. The van der Waals surface area contributed by atoms with Crippen LogP contribution in [0.1, 0.15) is 26.3 Å². The van der Waals surface area contributed by atoms with Crippen LogP contribution >= 0.6 is 15.9 Å². The minimum atomic E-state index is -0.223. The quantitative estimate of drug-likeness (QED) is 0.707. The average molecular weight is 360 g/mol. The Morgan fingerprint density at radius 3 is 2.59 bits per heavy atom. The highest BCUT2D eigenvalue weighted by molar-refractivity contribution is 9.10. The van der Waals surface area contributed by atoms with Gasteiger partial charge in [-0.05, 0) is 45.4 Å². The van der Waals surface area contributed by atoms with Crippen molar-refractivity contribution in [3.05, 3.63) is 50.7 Å². The van der Waals surface area contributed by atoms with E-state index in [4.69, 9.17) is 5.10 Å². The van der Waals surface area contributed by atoms with Crippen LogP contribution in [0.3, 0.4) is 0 Å². The lowest BCUT2D eigenvalue weighted by atomic mass is 10.1. The largest absolute Gasteiger partial charge is 0.307 e. The first kappa shape index (κ1) is 15.0. The monoisotopic (exact) mass is 359 g/mol. The van der Waals surface area contributed by atoms with E-state index < -0.39 is 0 Å². The van der Waals surface area contributed by atoms with Crippen molar-refractivity contribution in [1.82, 2.24) is 14.8 Å². The van der Waals surface area contributed by atoms with Crippen LogP contribution in [0.2, 0.25) is 0 Å². The Kier molecular flexibility index (Phi) is 3.48. The molecule has 0 aliphatic heterocycles. The fourth-order valence-electron chi connectivity index (χ4n) is 2.65. The normalized spacial score (nSPS) is 12.0. The lowest BCUT2D eigenvalue weighted by Gasteiger charge is -2.20. The summed E-state index contributed by atoms with van der Waals surface area (Å²) >= 11 is 3.51. The number of H-pyrrole nitrogens is 1. The number of aromatic amines is 1. The van der Waals surface area contributed by atoms with Gasteiger partial charge in [0.25, 0.3) is 0 Å². The summed E-state index contributed by atoms with van der Waals surface area (Å²) in [5.74, 6) is 0. The molecule has 3 aromatic rings. The maximum absolute atomic E-state index is 11.9. The average Bonchev–Trinajstić information content (AvgIpc) is 2.78. The Hall–Kier alpha value is -1.88. The van der Waals surface area contributed by atoms with E-state index in [0.29, 0.717) is 0 Å². The molecule has 0 aliphatic rings. The molecule has 0 unspecified atom stereocenters. The number of hydrogen-bond donors (Lipinski definition) is 1. The molecule has 2 aromatic heterocycles. The number of benzene rings is 1. The van der Waals surface area contributed by atoms with Crippen LogP contribution in [0.4, 0.5) is 0 Å². The minimum absolute atomic E-state index is 0.101. The predicted molar refractivity (Wildman–Crippen MR) is 93.2 cm³/mol. The van der Waals surface area contributed by atoms with E-state index in [2.05, 4.69) is 41.7 Å². The molecular formula is C17H18BrN3O. The number of rotatable bonds is 1. The molecule has 114 valence electrons. The Morgan fingerprint density at radius 2 is 1.95 bits per heavy atom. The Balaban J connectivity index is 2.44. The number of nitrogens with one attached hydrogen (secondary N) is 1. The number of fused-ring (bicyclic) bond motifs is 1. The van der Waals surface area contributed by atoms with Gasteiger partial charge < -0.3 is 4.98 Å². The fourth-order valence-corrected chi connectivity index (χ4v) is 3.05. The van der Waals surface area contributed by atoms with Crippen LogP contribution in [0.15, 0.2) is 39.6 Å². The molecule has 0 fully saturated rings. The summed E-state index contributed by atoms with van der Waals surface area (Å²) in [5, 5.41) is 5.79. The van der Waals surface area contributed by atoms with Gasteiger partial charge in [-0.3, -0.25) is 4.79 Å².